The summed E-state index contributed by atoms with van der Waals surface area (Å²) in [4.78, 5) is 14.8. The molecule has 0 radical (unpaired) electrons. The first-order valence-corrected chi connectivity index (χ1v) is 13.0. The highest BCUT2D eigenvalue weighted by Crippen LogP contribution is 2.34. The lowest BCUT2D eigenvalue weighted by Gasteiger charge is -2.34. The SMILES string of the molecule is O=C(CSc1nnc2c(Cl)cc(C(F)(F)F)cn12)N(C1CCCC1)C1CCS(=O)(=O)C1. The Morgan fingerprint density at radius 2 is 1.94 bits per heavy atom. The van der Waals surface area contributed by atoms with Crippen LogP contribution in [0, 0.1) is 0 Å². The zero-order valence-electron chi connectivity index (χ0n) is 16.3. The van der Waals surface area contributed by atoms with E-state index in [0.29, 0.717) is 6.42 Å². The summed E-state index contributed by atoms with van der Waals surface area (Å²) in [7, 11) is -3.16. The number of aromatic nitrogens is 3. The van der Waals surface area contributed by atoms with Crippen LogP contribution in [-0.2, 0) is 20.8 Å². The second kappa shape index (κ2) is 8.43. The number of pyridine rings is 1. The highest BCUT2D eigenvalue weighted by atomic mass is 35.5. The van der Waals surface area contributed by atoms with Crippen molar-refractivity contribution in [1.29, 1.82) is 0 Å². The van der Waals surface area contributed by atoms with Crippen LogP contribution in [0.4, 0.5) is 13.2 Å². The number of carbonyl (C=O) groups excluding carboxylic acids is 1. The molecule has 1 unspecified atom stereocenters. The second-order valence-electron chi connectivity index (χ2n) is 7.84. The number of nitrogens with zero attached hydrogens (tertiary/aromatic N) is 4. The summed E-state index contributed by atoms with van der Waals surface area (Å²) >= 11 is 6.89. The van der Waals surface area contributed by atoms with E-state index in [1.54, 1.807) is 4.90 Å². The summed E-state index contributed by atoms with van der Waals surface area (Å²) in [6.45, 7) is 0. The molecule has 2 fully saturated rings. The Hall–Kier alpha value is -1.53. The minimum atomic E-state index is -4.59. The van der Waals surface area contributed by atoms with Crippen LogP contribution >= 0.6 is 23.4 Å². The molecule has 1 atom stereocenters. The fourth-order valence-corrected chi connectivity index (χ4v) is 7.01. The summed E-state index contributed by atoms with van der Waals surface area (Å²) in [5.74, 6) is -0.302. The molecule has 3 heterocycles. The maximum Gasteiger partial charge on any atom is 0.417 e. The predicted molar refractivity (Wildman–Crippen MR) is 110 cm³/mol. The highest BCUT2D eigenvalue weighted by Gasteiger charge is 2.39. The molecule has 2 aliphatic rings. The molecule has 1 amide bonds. The van der Waals surface area contributed by atoms with E-state index in [1.807, 2.05) is 0 Å². The predicted octanol–water partition coefficient (Wildman–Crippen LogP) is 3.45. The Bertz CT molecular complexity index is 1100. The minimum absolute atomic E-state index is 0.00665. The molecule has 4 rings (SSSR count). The van der Waals surface area contributed by atoms with E-state index in [2.05, 4.69) is 10.2 Å². The molecule has 1 saturated heterocycles. The van der Waals surface area contributed by atoms with Gasteiger partial charge in [-0.2, -0.15) is 13.2 Å². The fraction of sp³-hybridized carbons (Fsp3) is 0.611. The molecule has 7 nitrogen and oxygen atoms in total. The van der Waals surface area contributed by atoms with E-state index >= 15 is 0 Å². The maximum absolute atomic E-state index is 13.1. The van der Waals surface area contributed by atoms with Gasteiger partial charge in [-0.3, -0.25) is 9.20 Å². The third-order valence-electron chi connectivity index (χ3n) is 5.69. The van der Waals surface area contributed by atoms with E-state index in [9.17, 15) is 26.4 Å². The topological polar surface area (TPSA) is 84.6 Å². The van der Waals surface area contributed by atoms with Crippen molar-refractivity contribution >= 4 is 44.8 Å². The molecule has 1 saturated carbocycles. The van der Waals surface area contributed by atoms with Crippen molar-refractivity contribution in [3.05, 3.63) is 22.8 Å². The largest absolute Gasteiger partial charge is 0.417 e. The van der Waals surface area contributed by atoms with E-state index in [0.717, 1.165) is 54.1 Å². The summed E-state index contributed by atoms with van der Waals surface area (Å²) in [5.41, 5.74) is -0.874. The van der Waals surface area contributed by atoms with Gasteiger partial charge in [-0.05, 0) is 25.3 Å². The van der Waals surface area contributed by atoms with Gasteiger partial charge in [-0.15, -0.1) is 10.2 Å². The number of amides is 1. The smallest absolute Gasteiger partial charge is 0.335 e. The van der Waals surface area contributed by atoms with Gasteiger partial charge in [-0.25, -0.2) is 8.42 Å². The number of thioether (sulfide) groups is 1. The van der Waals surface area contributed by atoms with Gasteiger partial charge in [0, 0.05) is 18.3 Å². The van der Waals surface area contributed by atoms with E-state index in [4.69, 9.17) is 11.6 Å². The van der Waals surface area contributed by atoms with Crippen LogP contribution in [0.15, 0.2) is 17.4 Å². The molecule has 170 valence electrons. The summed E-state index contributed by atoms with van der Waals surface area (Å²) in [6, 6.07) is 0.420. The molecule has 1 aliphatic carbocycles. The van der Waals surface area contributed by atoms with E-state index < -0.39 is 21.6 Å². The number of sulfone groups is 1. The number of alkyl halides is 3. The van der Waals surface area contributed by atoms with Crippen LogP contribution in [0.1, 0.15) is 37.7 Å². The van der Waals surface area contributed by atoms with Gasteiger partial charge in [-0.1, -0.05) is 36.2 Å². The summed E-state index contributed by atoms with van der Waals surface area (Å²) in [5, 5.41) is 7.64. The molecule has 2 aromatic rings. The third kappa shape index (κ3) is 4.80. The number of hydrogen-bond acceptors (Lipinski definition) is 6. The van der Waals surface area contributed by atoms with Gasteiger partial charge in [0.1, 0.15) is 0 Å². The minimum Gasteiger partial charge on any atom is -0.335 e. The number of rotatable bonds is 5. The van der Waals surface area contributed by atoms with Crippen molar-refractivity contribution < 1.29 is 26.4 Å². The first-order valence-electron chi connectivity index (χ1n) is 9.81. The Labute approximate surface area is 186 Å². The van der Waals surface area contributed by atoms with Crippen molar-refractivity contribution in [2.75, 3.05) is 17.3 Å². The summed E-state index contributed by atoms with van der Waals surface area (Å²) in [6.07, 6.45) is 0.285. The van der Waals surface area contributed by atoms with Gasteiger partial charge in [0.15, 0.2) is 20.6 Å². The molecule has 0 bridgehead atoms. The zero-order chi connectivity index (χ0) is 22.4. The fourth-order valence-electron chi connectivity index (χ4n) is 4.27. The molecule has 0 N–H and O–H groups in total. The van der Waals surface area contributed by atoms with Gasteiger partial charge in [0.25, 0.3) is 0 Å². The van der Waals surface area contributed by atoms with Gasteiger partial charge < -0.3 is 4.90 Å². The zero-order valence-corrected chi connectivity index (χ0v) is 18.7. The van der Waals surface area contributed by atoms with Crippen molar-refractivity contribution in [2.24, 2.45) is 0 Å². The van der Waals surface area contributed by atoms with Crippen LogP contribution in [0.5, 0.6) is 0 Å². The van der Waals surface area contributed by atoms with Crippen molar-refractivity contribution in [2.45, 2.75) is 55.5 Å². The van der Waals surface area contributed by atoms with E-state index in [1.165, 1.54) is 0 Å². The summed E-state index contributed by atoms with van der Waals surface area (Å²) < 4.78 is 64.4. The number of hydrogen-bond donors (Lipinski definition) is 0. The number of halogens is 4. The molecular weight excluding hydrogens is 477 g/mol. The van der Waals surface area contributed by atoms with Crippen LogP contribution in [-0.4, -0.2) is 63.2 Å². The molecule has 2 aromatic heterocycles. The standard InChI is InChI=1S/C18H20ClF3N4O3S2/c19-14-7-11(18(20,21)22)8-25-16(14)23-24-17(25)30-9-15(27)26(12-3-1-2-4-12)13-5-6-31(28,29)10-13/h7-8,12-13H,1-6,9-10H2. The second-order valence-corrected chi connectivity index (χ2v) is 11.4. The lowest BCUT2D eigenvalue weighted by atomic mass is 10.1. The van der Waals surface area contributed by atoms with Crippen molar-refractivity contribution in [1.82, 2.24) is 19.5 Å². The molecule has 0 aromatic carbocycles. The molecule has 13 heteroatoms. The molecule has 31 heavy (non-hydrogen) atoms. The van der Waals surface area contributed by atoms with Crippen molar-refractivity contribution in [3.8, 4) is 0 Å². The normalized spacial score (nSPS) is 21.7. The molecule has 0 spiro atoms. The van der Waals surface area contributed by atoms with Gasteiger partial charge in [0.2, 0.25) is 5.91 Å². The lowest BCUT2D eigenvalue weighted by Crippen LogP contribution is -2.47. The van der Waals surface area contributed by atoms with Crippen LogP contribution in [0.25, 0.3) is 5.65 Å². The van der Waals surface area contributed by atoms with Crippen LogP contribution in [0.2, 0.25) is 5.02 Å². The number of carbonyl (C=O) groups is 1. The Morgan fingerprint density at radius 1 is 1.23 bits per heavy atom. The van der Waals surface area contributed by atoms with Gasteiger partial charge in [0.05, 0.1) is 27.8 Å². The van der Waals surface area contributed by atoms with Crippen LogP contribution < -0.4 is 0 Å². The Morgan fingerprint density at radius 3 is 2.55 bits per heavy atom. The Balaban J connectivity index is 1.55. The van der Waals surface area contributed by atoms with Gasteiger partial charge >= 0.3 is 6.18 Å². The average Bonchev–Trinajstić information content (AvgIpc) is 3.40. The van der Waals surface area contributed by atoms with Crippen molar-refractivity contribution in [3.63, 3.8) is 0 Å². The first-order chi connectivity index (χ1) is 14.5. The monoisotopic (exact) mass is 496 g/mol. The first kappa shape index (κ1) is 22.7. The quantitative estimate of drug-likeness (QED) is 0.589. The average molecular weight is 497 g/mol. The maximum atomic E-state index is 13.1. The highest BCUT2D eigenvalue weighted by molar-refractivity contribution is 7.99. The molecular formula is C18H20ClF3N4O3S2. The van der Waals surface area contributed by atoms with Crippen LogP contribution in [0.3, 0.4) is 0 Å². The Kier molecular flexibility index (Phi) is 6.16. The molecule has 1 aliphatic heterocycles. The number of fused-ring (bicyclic) bond motifs is 1. The third-order valence-corrected chi connectivity index (χ3v) is 8.64. The lowest BCUT2D eigenvalue weighted by molar-refractivity contribution is -0.138. The van der Waals surface area contributed by atoms with E-state index in [-0.39, 0.29) is 51.1 Å².